The average molecular weight is 288 g/mol. The lowest BCUT2D eigenvalue weighted by Gasteiger charge is -2.08. The first-order valence-electron chi connectivity index (χ1n) is 4.99. The lowest BCUT2D eigenvalue weighted by atomic mass is 10.3. The molecule has 0 aliphatic heterocycles. The van der Waals surface area contributed by atoms with E-state index in [4.69, 9.17) is 27.9 Å². The standard InChI is InChI=1S/C12H11Cl2NOS/c1-16-12-5-9(2-3-11(12)14)15-6-10-4-8(13)7-17-10/h2-5,7,15H,6H2,1H3. The zero-order valence-corrected chi connectivity index (χ0v) is 11.5. The quantitative estimate of drug-likeness (QED) is 0.882. The van der Waals surface area contributed by atoms with Gasteiger partial charge in [-0.2, -0.15) is 0 Å². The number of ether oxygens (including phenoxy) is 1. The summed E-state index contributed by atoms with van der Waals surface area (Å²) < 4.78 is 5.15. The van der Waals surface area contributed by atoms with Crippen molar-refractivity contribution >= 4 is 40.2 Å². The Labute approximate surface area is 114 Å². The van der Waals surface area contributed by atoms with Crippen LogP contribution >= 0.6 is 34.5 Å². The summed E-state index contributed by atoms with van der Waals surface area (Å²) in [6.07, 6.45) is 0. The maximum absolute atomic E-state index is 5.95. The third-order valence-electron chi connectivity index (χ3n) is 2.24. The van der Waals surface area contributed by atoms with Crippen LogP contribution < -0.4 is 10.1 Å². The van der Waals surface area contributed by atoms with Crippen molar-refractivity contribution in [2.75, 3.05) is 12.4 Å². The summed E-state index contributed by atoms with van der Waals surface area (Å²) in [5.41, 5.74) is 0.968. The molecule has 0 spiro atoms. The topological polar surface area (TPSA) is 21.3 Å². The Morgan fingerprint density at radius 3 is 2.76 bits per heavy atom. The highest BCUT2D eigenvalue weighted by Gasteiger charge is 2.02. The fourth-order valence-electron chi connectivity index (χ4n) is 1.41. The lowest BCUT2D eigenvalue weighted by Crippen LogP contribution is -1.97. The van der Waals surface area contributed by atoms with Crippen molar-refractivity contribution in [2.24, 2.45) is 0 Å². The van der Waals surface area contributed by atoms with Gasteiger partial charge in [-0.05, 0) is 18.2 Å². The second-order valence-corrected chi connectivity index (χ2v) is 5.27. The van der Waals surface area contributed by atoms with E-state index >= 15 is 0 Å². The summed E-state index contributed by atoms with van der Waals surface area (Å²) in [7, 11) is 1.60. The number of thiophene rings is 1. The van der Waals surface area contributed by atoms with Crippen molar-refractivity contribution in [2.45, 2.75) is 6.54 Å². The van der Waals surface area contributed by atoms with Gasteiger partial charge in [-0.1, -0.05) is 23.2 Å². The van der Waals surface area contributed by atoms with Crippen LogP contribution in [0.1, 0.15) is 4.88 Å². The fourth-order valence-corrected chi connectivity index (χ4v) is 2.61. The van der Waals surface area contributed by atoms with Crippen LogP contribution in [0, 0.1) is 0 Å². The normalized spacial score (nSPS) is 10.3. The zero-order chi connectivity index (χ0) is 12.3. The highest BCUT2D eigenvalue weighted by Crippen LogP contribution is 2.28. The Bertz CT molecular complexity index is 513. The number of anilines is 1. The molecule has 2 nitrogen and oxygen atoms in total. The first-order chi connectivity index (χ1) is 8.19. The molecule has 0 saturated carbocycles. The van der Waals surface area contributed by atoms with E-state index in [2.05, 4.69) is 5.32 Å². The smallest absolute Gasteiger partial charge is 0.139 e. The van der Waals surface area contributed by atoms with E-state index in [1.165, 1.54) is 4.88 Å². The molecule has 0 aliphatic carbocycles. The van der Waals surface area contributed by atoms with Gasteiger partial charge in [0, 0.05) is 28.6 Å². The first kappa shape index (κ1) is 12.6. The van der Waals surface area contributed by atoms with Crippen molar-refractivity contribution < 1.29 is 4.74 Å². The fraction of sp³-hybridized carbons (Fsp3) is 0.167. The van der Waals surface area contributed by atoms with Crippen molar-refractivity contribution in [1.29, 1.82) is 0 Å². The SMILES string of the molecule is COc1cc(NCc2cc(Cl)cs2)ccc1Cl. The summed E-state index contributed by atoms with van der Waals surface area (Å²) in [6.45, 7) is 0.738. The van der Waals surface area contributed by atoms with Gasteiger partial charge >= 0.3 is 0 Å². The average Bonchev–Trinajstić information content (AvgIpc) is 2.74. The minimum Gasteiger partial charge on any atom is -0.495 e. The molecule has 17 heavy (non-hydrogen) atoms. The maximum Gasteiger partial charge on any atom is 0.139 e. The van der Waals surface area contributed by atoms with Crippen LogP contribution in [0.3, 0.4) is 0 Å². The predicted octanol–water partition coefficient (Wildman–Crippen LogP) is 4.68. The summed E-state index contributed by atoms with van der Waals surface area (Å²) in [6, 6.07) is 7.55. The molecule has 0 amide bonds. The zero-order valence-electron chi connectivity index (χ0n) is 9.17. The van der Waals surface area contributed by atoms with Crippen LogP contribution in [0.25, 0.3) is 0 Å². The van der Waals surface area contributed by atoms with Crippen LogP contribution in [0.15, 0.2) is 29.6 Å². The van der Waals surface area contributed by atoms with E-state index in [0.717, 1.165) is 17.3 Å². The number of hydrogen-bond donors (Lipinski definition) is 1. The molecule has 5 heteroatoms. The van der Waals surface area contributed by atoms with Crippen molar-refractivity contribution in [3.05, 3.63) is 44.6 Å². The molecule has 0 aliphatic rings. The Hall–Kier alpha value is -0.900. The van der Waals surface area contributed by atoms with Gasteiger partial charge in [0.2, 0.25) is 0 Å². The van der Waals surface area contributed by atoms with Gasteiger partial charge in [0.15, 0.2) is 0 Å². The summed E-state index contributed by atoms with van der Waals surface area (Å²) >= 11 is 13.4. The maximum atomic E-state index is 5.95. The van der Waals surface area contributed by atoms with Crippen LogP contribution in [0.5, 0.6) is 5.75 Å². The number of methoxy groups -OCH3 is 1. The van der Waals surface area contributed by atoms with Crippen LogP contribution in [0.4, 0.5) is 5.69 Å². The molecule has 90 valence electrons. The first-order valence-corrected chi connectivity index (χ1v) is 6.63. The van der Waals surface area contributed by atoms with Gasteiger partial charge in [0.05, 0.1) is 17.2 Å². The number of hydrogen-bond acceptors (Lipinski definition) is 3. The molecule has 2 aromatic rings. The van der Waals surface area contributed by atoms with Gasteiger partial charge in [0.25, 0.3) is 0 Å². The molecule has 0 radical (unpaired) electrons. The van der Waals surface area contributed by atoms with E-state index in [-0.39, 0.29) is 0 Å². The second-order valence-electron chi connectivity index (χ2n) is 3.43. The summed E-state index contributed by atoms with van der Waals surface area (Å²) in [5, 5.41) is 6.59. The van der Waals surface area contributed by atoms with E-state index in [0.29, 0.717) is 10.8 Å². The van der Waals surface area contributed by atoms with E-state index in [1.807, 2.05) is 29.6 Å². The van der Waals surface area contributed by atoms with Gasteiger partial charge in [-0.3, -0.25) is 0 Å². The molecule has 0 fully saturated rings. The molecule has 0 saturated heterocycles. The number of nitrogens with one attached hydrogen (secondary N) is 1. The molecular formula is C12H11Cl2NOS. The molecule has 0 bridgehead atoms. The lowest BCUT2D eigenvalue weighted by molar-refractivity contribution is 0.415. The van der Waals surface area contributed by atoms with E-state index < -0.39 is 0 Å². The molecule has 2 rings (SSSR count). The Morgan fingerprint density at radius 2 is 2.12 bits per heavy atom. The number of rotatable bonds is 4. The summed E-state index contributed by atoms with van der Waals surface area (Å²) in [5.74, 6) is 0.667. The second kappa shape index (κ2) is 5.63. The van der Waals surface area contributed by atoms with Crippen molar-refractivity contribution in [3.8, 4) is 5.75 Å². The molecule has 0 unspecified atom stereocenters. The highest BCUT2D eigenvalue weighted by atomic mass is 35.5. The minimum absolute atomic E-state index is 0.609. The van der Waals surface area contributed by atoms with Crippen molar-refractivity contribution in [3.63, 3.8) is 0 Å². The molecular weight excluding hydrogens is 277 g/mol. The molecule has 1 aromatic carbocycles. The summed E-state index contributed by atoms with van der Waals surface area (Å²) in [4.78, 5) is 1.18. The number of benzene rings is 1. The van der Waals surface area contributed by atoms with Gasteiger partial charge in [0.1, 0.15) is 5.75 Å². The Balaban J connectivity index is 2.04. The Kier molecular flexibility index (Phi) is 4.15. The van der Waals surface area contributed by atoms with Crippen LogP contribution in [-0.2, 0) is 6.54 Å². The van der Waals surface area contributed by atoms with Crippen LogP contribution in [-0.4, -0.2) is 7.11 Å². The predicted molar refractivity (Wildman–Crippen MR) is 74.7 cm³/mol. The third-order valence-corrected chi connectivity index (χ3v) is 3.84. The number of halogens is 2. The van der Waals surface area contributed by atoms with E-state index in [9.17, 15) is 0 Å². The van der Waals surface area contributed by atoms with Crippen LogP contribution in [0.2, 0.25) is 10.0 Å². The van der Waals surface area contributed by atoms with Gasteiger partial charge < -0.3 is 10.1 Å². The molecule has 1 N–H and O–H groups in total. The monoisotopic (exact) mass is 287 g/mol. The molecule has 1 heterocycles. The van der Waals surface area contributed by atoms with Gasteiger partial charge in [-0.15, -0.1) is 11.3 Å². The minimum atomic E-state index is 0.609. The van der Waals surface area contributed by atoms with Gasteiger partial charge in [-0.25, -0.2) is 0 Å². The molecule has 0 atom stereocenters. The largest absolute Gasteiger partial charge is 0.495 e. The Morgan fingerprint density at radius 1 is 1.29 bits per heavy atom. The van der Waals surface area contributed by atoms with E-state index in [1.54, 1.807) is 18.4 Å². The van der Waals surface area contributed by atoms with Crippen molar-refractivity contribution in [1.82, 2.24) is 0 Å². The molecule has 1 aromatic heterocycles. The highest BCUT2D eigenvalue weighted by molar-refractivity contribution is 7.10. The third kappa shape index (κ3) is 3.28.